The molecular weight excluding hydrogens is 446 g/mol. The van der Waals surface area contributed by atoms with Crippen LogP contribution in [0.15, 0.2) is 108 Å². The van der Waals surface area contributed by atoms with Crippen LogP contribution in [0.1, 0.15) is 30.3 Å². The summed E-state index contributed by atoms with van der Waals surface area (Å²) in [5.74, 6) is 0. The van der Waals surface area contributed by atoms with Gasteiger partial charge in [0.1, 0.15) is 5.60 Å². The molecule has 1 unspecified atom stereocenters. The molecule has 0 fully saturated rings. The van der Waals surface area contributed by atoms with Crippen molar-refractivity contribution in [2.75, 3.05) is 0 Å². The molecule has 0 bridgehead atoms. The van der Waals surface area contributed by atoms with Crippen molar-refractivity contribution in [2.24, 2.45) is 0 Å². The maximum Gasteiger partial charge on any atom is 0.409 e. The van der Waals surface area contributed by atoms with Crippen LogP contribution >= 0.6 is 0 Å². The molecule has 0 saturated carbocycles. The third-order valence-electron chi connectivity index (χ3n) is 5.58. The van der Waals surface area contributed by atoms with E-state index in [9.17, 15) is 13.2 Å². The molecule has 0 aliphatic rings. The highest BCUT2D eigenvalue weighted by atomic mass is 32.2. The van der Waals surface area contributed by atoms with Crippen LogP contribution in [0.25, 0.3) is 10.8 Å². The topological polar surface area (TPSA) is 72.5 Å². The molecular formula is C28H27NO4S. The summed E-state index contributed by atoms with van der Waals surface area (Å²) in [6.07, 6.45) is -0.301. The molecule has 0 saturated heterocycles. The molecule has 4 rings (SSSR count). The maximum atomic E-state index is 13.7. The zero-order chi connectivity index (χ0) is 24.2. The summed E-state index contributed by atoms with van der Waals surface area (Å²) in [5, 5.41) is 2.97. The molecule has 1 amide bonds. The Bertz CT molecular complexity index is 1380. The number of alkyl carbamates (subject to hydrolysis) is 1. The van der Waals surface area contributed by atoms with Crippen LogP contribution in [-0.4, -0.2) is 20.1 Å². The number of carbonyl (C=O) groups excluding carboxylic acids is 1. The molecule has 0 radical (unpaired) electrons. The summed E-state index contributed by atoms with van der Waals surface area (Å²) in [6.45, 7) is 3.61. The van der Waals surface area contributed by atoms with E-state index in [1.807, 2.05) is 60.7 Å². The Hall–Kier alpha value is -3.64. The first kappa shape index (κ1) is 23.5. The Labute approximate surface area is 200 Å². The van der Waals surface area contributed by atoms with Gasteiger partial charge in [-0.2, -0.15) is 0 Å². The standard InChI is InChI=1S/C28H27NO4S/c1-28(2,20-21-12-5-3-6-13-21)33-27(30)29-26(34(31,32)23-16-7-4-8-17-23)25-19-11-15-22-14-9-10-18-24(22)25/h3-19,26H,20H2,1-2H3,(H,29,30). The molecule has 4 aromatic rings. The number of sulfone groups is 1. The van der Waals surface area contributed by atoms with Crippen molar-refractivity contribution in [1.82, 2.24) is 5.32 Å². The van der Waals surface area contributed by atoms with Crippen LogP contribution in [0, 0.1) is 0 Å². The van der Waals surface area contributed by atoms with Gasteiger partial charge in [-0.3, -0.25) is 0 Å². The molecule has 0 spiro atoms. The number of amides is 1. The summed E-state index contributed by atoms with van der Waals surface area (Å²) in [4.78, 5) is 13.2. The summed E-state index contributed by atoms with van der Waals surface area (Å²) >= 11 is 0. The van der Waals surface area contributed by atoms with Gasteiger partial charge in [0.15, 0.2) is 5.37 Å². The van der Waals surface area contributed by atoms with Gasteiger partial charge < -0.3 is 10.1 Å². The first-order valence-electron chi connectivity index (χ1n) is 11.1. The number of carbonyl (C=O) groups is 1. The second kappa shape index (κ2) is 9.69. The van der Waals surface area contributed by atoms with Crippen molar-refractivity contribution in [2.45, 2.75) is 36.1 Å². The average Bonchev–Trinajstić information content (AvgIpc) is 2.83. The number of nitrogens with one attached hydrogen (secondary N) is 1. The van der Waals surface area contributed by atoms with E-state index < -0.39 is 26.9 Å². The third kappa shape index (κ3) is 5.29. The molecule has 1 N–H and O–H groups in total. The van der Waals surface area contributed by atoms with Crippen molar-refractivity contribution >= 4 is 26.7 Å². The molecule has 4 aromatic carbocycles. The number of benzene rings is 4. The minimum Gasteiger partial charge on any atom is -0.443 e. The minimum absolute atomic E-state index is 0.122. The van der Waals surface area contributed by atoms with E-state index >= 15 is 0 Å². The lowest BCUT2D eigenvalue weighted by molar-refractivity contribution is 0.0386. The molecule has 34 heavy (non-hydrogen) atoms. The second-order valence-corrected chi connectivity index (χ2v) is 10.8. The highest BCUT2D eigenvalue weighted by Gasteiger charge is 2.34. The fraction of sp³-hybridized carbons (Fsp3) is 0.179. The Balaban J connectivity index is 1.68. The lowest BCUT2D eigenvalue weighted by atomic mass is 9.98. The predicted octanol–water partition coefficient (Wildman–Crippen LogP) is 6.06. The lowest BCUT2D eigenvalue weighted by Gasteiger charge is -2.27. The highest BCUT2D eigenvalue weighted by Crippen LogP contribution is 2.32. The third-order valence-corrected chi connectivity index (χ3v) is 7.50. The van der Waals surface area contributed by atoms with Gasteiger partial charge in [0, 0.05) is 6.42 Å². The van der Waals surface area contributed by atoms with Crippen LogP contribution in [0.3, 0.4) is 0 Å². The summed E-state index contributed by atoms with van der Waals surface area (Å²) < 4.78 is 33.1. The summed E-state index contributed by atoms with van der Waals surface area (Å²) in [6, 6.07) is 30.7. The van der Waals surface area contributed by atoms with Crippen molar-refractivity contribution in [3.63, 3.8) is 0 Å². The first-order chi connectivity index (χ1) is 16.3. The SMILES string of the molecule is CC(C)(Cc1ccccc1)OC(=O)NC(c1cccc2ccccc12)S(=O)(=O)c1ccccc1. The van der Waals surface area contributed by atoms with Crippen molar-refractivity contribution < 1.29 is 17.9 Å². The number of fused-ring (bicyclic) bond motifs is 1. The highest BCUT2D eigenvalue weighted by molar-refractivity contribution is 7.91. The van der Waals surface area contributed by atoms with Gasteiger partial charge in [0.25, 0.3) is 0 Å². The summed E-state index contributed by atoms with van der Waals surface area (Å²) in [5.41, 5.74) is 0.660. The average molecular weight is 474 g/mol. The van der Waals surface area contributed by atoms with E-state index in [1.165, 1.54) is 12.1 Å². The van der Waals surface area contributed by atoms with Crippen LogP contribution in [0.5, 0.6) is 0 Å². The Morgan fingerprint density at radius 1 is 0.824 bits per heavy atom. The Morgan fingerprint density at radius 2 is 1.41 bits per heavy atom. The largest absolute Gasteiger partial charge is 0.443 e. The number of hydrogen-bond acceptors (Lipinski definition) is 4. The number of ether oxygens (including phenoxy) is 1. The summed E-state index contributed by atoms with van der Waals surface area (Å²) in [7, 11) is -3.97. The quantitative estimate of drug-likeness (QED) is 0.354. The first-order valence-corrected chi connectivity index (χ1v) is 12.6. The van der Waals surface area contributed by atoms with Crippen molar-refractivity contribution in [1.29, 1.82) is 0 Å². The normalized spacial score (nSPS) is 12.8. The fourth-order valence-electron chi connectivity index (χ4n) is 4.06. The fourth-order valence-corrected chi connectivity index (χ4v) is 5.66. The van der Waals surface area contributed by atoms with Crippen molar-refractivity contribution in [3.05, 3.63) is 114 Å². The monoisotopic (exact) mass is 473 g/mol. The van der Waals surface area contributed by atoms with Crippen LogP contribution in [0.4, 0.5) is 4.79 Å². The van der Waals surface area contributed by atoms with Crippen LogP contribution in [0.2, 0.25) is 0 Å². The second-order valence-electron chi connectivity index (χ2n) is 8.76. The van der Waals surface area contributed by atoms with E-state index in [2.05, 4.69) is 5.32 Å². The van der Waals surface area contributed by atoms with Gasteiger partial charge in [-0.1, -0.05) is 91.0 Å². The molecule has 6 heteroatoms. The molecule has 0 aliphatic heterocycles. The molecule has 174 valence electrons. The minimum atomic E-state index is -3.97. The van der Waals surface area contributed by atoms with E-state index in [0.29, 0.717) is 12.0 Å². The van der Waals surface area contributed by atoms with Crippen LogP contribution < -0.4 is 5.32 Å². The van der Waals surface area contributed by atoms with Crippen molar-refractivity contribution in [3.8, 4) is 0 Å². The number of rotatable bonds is 7. The molecule has 1 atom stereocenters. The Morgan fingerprint density at radius 3 is 2.12 bits per heavy atom. The lowest BCUT2D eigenvalue weighted by Crippen LogP contribution is -2.40. The molecule has 0 heterocycles. The van der Waals surface area contributed by atoms with E-state index in [1.54, 1.807) is 44.2 Å². The van der Waals surface area contributed by atoms with Gasteiger partial charge in [-0.15, -0.1) is 0 Å². The van der Waals surface area contributed by atoms with Gasteiger partial charge in [-0.05, 0) is 47.9 Å². The van der Waals surface area contributed by atoms with E-state index in [0.717, 1.165) is 16.3 Å². The van der Waals surface area contributed by atoms with E-state index in [-0.39, 0.29) is 4.90 Å². The van der Waals surface area contributed by atoms with Gasteiger partial charge in [0.2, 0.25) is 9.84 Å². The molecule has 5 nitrogen and oxygen atoms in total. The molecule has 0 aromatic heterocycles. The molecule has 0 aliphatic carbocycles. The number of hydrogen-bond donors (Lipinski definition) is 1. The van der Waals surface area contributed by atoms with Gasteiger partial charge in [-0.25, -0.2) is 13.2 Å². The Kier molecular flexibility index (Phi) is 6.70. The zero-order valence-electron chi connectivity index (χ0n) is 19.1. The zero-order valence-corrected chi connectivity index (χ0v) is 20.0. The van der Waals surface area contributed by atoms with Gasteiger partial charge in [0.05, 0.1) is 4.90 Å². The van der Waals surface area contributed by atoms with Gasteiger partial charge >= 0.3 is 6.09 Å². The smallest absolute Gasteiger partial charge is 0.409 e. The van der Waals surface area contributed by atoms with Crippen LogP contribution in [-0.2, 0) is 21.0 Å². The predicted molar refractivity (Wildman–Crippen MR) is 134 cm³/mol. The van der Waals surface area contributed by atoms with E-state index in [4.69, 9.17) is 4.74 Å². The maximum absolute atomic E-state index is 13.7.